The highest BCUT2D eigenvalue weighted by atomic mass is 32.2. The van der Waals surface area contributed by atoms with Crippen LogP contribution in [0.2, 0.25) is 0 Å². The lowest BCUT2D eigenvalue weighted by molar-refractivity contribution is -0.136. The minimum atomic E-state index is -1.12. The van der Waals surface area contributed by atoms with Crippen LogP contribution in [0.5, 0.6) is 11.5 Å². The number of halogens is 1. The number of thioether (sulfide) groups is 1. The number of rotatable bonds is 7. The molecule has 0 radical (unpaired) electrons. The summed E-state index contributed by atoms with van der Waals surface area (Å²) in [4.78, 5) is 28.1. The van der Waals surface area contributed by atoms with Gasteiger partial charge in [0, 0.05) is 11.1 Å². The molecule has 3 aromatic rings. The van der Waals surface area contributed by atoms with Crippen molar-refractivity contribution in [2.45, 2.75) is 6.42 Å². The first kappa shape index (κ1) is 24.0. The largest absolute Gasteiger partial charge is 0.497 e. The van der Waals surface area contributed by atoms with Gasteiger partial charge < -0.3 is 19.9 Å². The molecule has 1 heterocycles. The third-order valence-electron chi connectivity index (χ3n) is 5.20. The van der Waals surface area contributed by atoms with Gasteiger partial charge in [0.2, 0.25) is 0 Å². The van der Waals surface area contributed by atoms with E-state index in [9.17, 15) is 14.0 Å². The number of aliphatic imine (C=N–C) groups is 1. The van der Waals surface area contributed by atoms with Crippen LogP contribution in [0, 0.1) is 5.82 Å². The predicted octanol–water partition coefficient (Wildman–Crippen LogP) is 5.03. The Kier molecular flexibility index (Phi) is 7.17. The smallest absolute Gasteiger partial charge is 0.307 e. The number of nitrogens with one attached hydrogen (secondary N) is 1. The number of aliphatic carboxylic acids is 1. The van der Waals surface area contributed by atoms with Gasteiger partial charge in [-0.2, -0.15) is 0 Å². The molecule has 1 aliphatic rings. The van der Waals surface area contributed by atoms with Crippen molar-refractivity contribution in [3.05, 3.63) is 82.5 Å². The molecule has 4 rings (SSSR count). The minimum Gasteiger partial charge on any atom is -0.497 e. The lowest BCUT2D eigenvalue weighted by Gasteiger charge is -2.12. The third-order valence-corrected chi connectivity index (χ3v) is 6.11. The summed E-state index contributed by atoms with van der Waals surface area (Å²) >= 11 is 1.12. The van der Waals surface area contributed by atoms with Crippen molar-refractivity contribution in [3.63, 3.8) is 0 Å². The summed E-state index contributed by atoms with van der Waals surface area (Å²) in [6, 6.07) is 17.2. The summed E-state index contributed by atoms with van der Waals surface area (Å²) in [5.74, 6) is -0.774. The molecule has 2 N–H and O–H groups in total. The summed E-state index contributed by atoms with van der Waals surface area (Å²) in [6.07, 6.45) is 1.30. The van der Waals surface area contributed by atoms with Crippen LogP contribution in [0.4, 0.5) is 10.1 Å². The van der Waals surface area contributed by atoms with Crippen LogP contribution < -0.4 is 14.8 Å². The maximum atomic E-state index is 14.2. The standard InChI is InChI=1S/C26H21FN2O5S/c1-33-19-10-7-15(8-11-19)20-5-3-4-17(24(20)34-2)12-22-25(32)29-26(35-22)28-18-9-6-16(13-23(30)31)21(27)14-18/h3-12,14H,13H2,1-2H3,(H,30,31)(H,28,29,32)/b22-12+. The van der Waals surface area contributed by atoms with Gasteiger partial charge in [0.25, 0.3) is 5.91 Å². The van der Waals surface area contributed by atoms with Crippen LogP contribution in [0.15, 0.2) is 70.6 Å². The Morgan fingerprint density at radius 1 is 1.11 bits per heavy atom. The van der Waals surface area contributed by atoms with E-state index in [0.717, 1.165) is 34.7 Å². The molecular formula is C26H21FN2O5S. The zero-order chi connectivity index (χ0) is 24.9. The van der Waals surface area contributed by atoms with Crippen LogP contribution in [-0.2, 0) is 16.0 Å². The fourth-order valence-corrected chi connectivity index (χ4v) is 4.38. The molecule has 1 amide bonds. The SMILES string of the molecule is COc1ccc(-c2cccc(/C=C3/SC(=Nc4ccc(CC(=O)O)c(F)c4)NC3=O)c2OC)cc1. The molecule has 0 aromatic heterocycles. The number of carboxylic acid groups (broad SMARTS) is 1. The number of amides is 1. The molecule has 1 saturated heterocycles. The van der Waals surface area contributed by atoms with Gasteiger partial charge in [0.05, 0.1) is 31.2 Å². The van der Waals surface area contributed by atoms with Gasteiger partial charge >= 0.3 is 5.97 Å². The fourth-order valence-electron chi connectivity index (χ4n) is 3.55. The first-order chi connectivity index (χ1) is 16.9. The second kappa shape index (κ2) is 10.4. The molecule has 0 saturated carbocycles. The Hall–Kier alpha value is -4.11. The highest BCUT2D eigenvalue weighted by Crippen LogP contribution is 2.37. The van der Waals surface area contributed by atoms with Crippen molar-refractivity contribution in [2.75, 3.05) is 14.2 Å². The lowest BCUT2D eigenvalue weighted by Crippen LogP contribution is -2.19. The summed E-state index contributed by atoms with van der Waals surface area (Å²) in [5.41, 5.74) is 2.83. The van der Waals surface area contributed by atoms with Crippen molar-refractivity contribution in [2.24, 2.45) is 4.99 Å². The zero-order valence-electron chi connectivity index (χ0n) is 18.9. The number of methoxy groups -OCH3 is 2. The quantitative estimate of drug-likeness (QED) is 0.449. The van der Waals surface area contributed by atoms with E-state index >= 15 is 0 Å². The molecule has 0 bridgehead atoms. The van der Waals surface area contributed by atoms with Gasteiger partial charge in [0.1, 0.15) is 17.3 Å². The second-order valence-corrected chi connectivity index (χ2v) is 8.52. The molecule has 0 unspecified atom stereocenters. The number of hydrogen-bond donors (Lipinski definition) is 2. The van der Waals surface area contributed by atoms with Gasteiger partial charge in [-0.05, 0) is 53.2 Å². The molecule has 7 nitrogen and oxygen atoms in total. The number of benzene rings is 3. The number of carbonyl (C=O) groups excluding carboxylic acids is 1. The van der Waals surface area contributed by atoms with E-state index in [1.807, 2.05) is 42.5 Å². The monoisotopic (exact) mass is 492 g/mol. The molecule has 35 heavy (non-hydrogen) atoms. The molecule has 3 aromatic carbocycles. The summed E-state index contributed by atoms with van der Waals surface area (Å²) < 4.78 is 25.1. The van der Waals surface area contributed by atoms with Crippen LogP contribution in [0.3, 0.4) is 0 Å². The Morgan fingerprint density at radius 3 is 2.54 bits per heavy atom. The van der Waals surface area contributed by atoms with Crippen molar-refractivity contribution in [1.29, 1.82) is 0 Å². The van der Waals surface area contributed by atoms with Gasteiger partial charge in [-0.25, -0.2) is 9.38 Å². The normalized spacial score (nSPS) is 15.3. The third kappa shape index (κ3) is 5.52. The number of ether oxygens (including phenoxy) is 2. The summed E-state index contributed by atoms with van der Waals surface area (Å²) in [6.45, 7) is 0. The molecule has 0 spiro atoms. The van der Waals surface area contributed by atoms with Gasteiger partial charge in [-0.1, -0.05) is 36.4 Å². The Labute approximate surface area is 205 Å². The van der Waals surface area contributed by atoms with Crippen molar-refractivity contribution in [3.8, 4) is 22.6 Å². The number of hydrogen-bond acceptors (Lipinski definition) is 6. The number of carboxylic acids is 1. The lowest BCUT2D eigenvalue weighted by atomic mass is 10.0. The van der Waals surface area contributed by atoms with E-state index in [1.165, 1.54) is 12.1 Å². The molecule has 0 aliphatic carbocycles. The second-order valence-electron chi connectivity index (χ2n) is 7.48. The van der Waals surface area contributed by atoms with Gasteiger partial charge in [0.15, 0.2) is 5.17 Å². The first-order valence-corrected chi connectivity index (χ1v) is 11.3. The van der Waals surface area contributed by atoms with Crippen LogP contribution in [0.25, 0.3) is 17.2 Å². The van der Waals surface area contributed by atoms with E-state index < -0.39 is 18.2 Å². The molecule has 9 heteroatoms. The Morgan fingerprint density at radius 2 is 1.89 bits per heavy atom. The Bertz CT molecular complexity index is 1350. The molecule has 1 aliphatic heterocycles. The van der Waals surface area contributed by atoms with Crippen molar-refractivity contribution >= 4 is 40.6 Å². The zero-order valence-corrected chi connectivity index (χ0v) is 19.7. The van der Waals surface area contributed by atoms with Crippen molar-refractivity contribution < 1.29 is 28.6 Å². The first-order valence-electron chi connectivity index (χ1n) is 10.5. The summed E-state index contributed by atoms with van der Waals surface area (Å²) in [5, 5.41) is 11.8. The Balaban J connectivity index is 1.60. The average Bonchev–Trinajstić information content (AvgIpc) is 3.18. The molecular weight excluding hydrogens is 471 g/mol. The van der Waals surface area contributed by atoms with E-state index in [1.54, 1.807) is 20.3 Å². The van der Waals surface area contributed by atoms with Crippen LogP contribution in [0.1, 0.15) is 11.1 Å². The van der Waals surface area contributed by atoms with E-state index in [4.69, 9.17) is 14.6 Å². The molecule has 0 atom stereocenters. The van der Waals surface area contributed by atoms with Gasteiger partial charge in [-0.15, -0.1) is 0 Å². The average molecular weight is 493 g/mol. The highest BCUT2D eigenvalue weighted by molar-refractivity contribution is 8.18. The number of carbonyl (C=O) groups is 2. The fraction of sp³-hybridized carbons (Fsp3) is 0.115. The number of para-hydroxylation sites is 1. The van der Waals surface area contributed by atoms with E-state index in [-0.39, 0.29) is 22.3 Å². The predicted molar refractivity (Wildman–Crippen MR) is 134 cm³/mol. The van der Waals surface area contributed by atoms with E-state index in [0.29, 0.717) is 16.2 Å². The molecule has 178 valence electrons. The maximum absolute atomic E-state index is 14.2. The highest BCUT2D eigenvalue weighted by Gasteiger charge is 2.25. The topological polar surface area (TPSA) is 97.2 Å². The van der Waals surface area contributed by atoms with Gasteiger partial charge in [-0.3, -0.25) is 9.59 Å². The number of amidine groups is 1. The van der Waals surface area contributed by atoms with Crippen molar-refractivity contribution in [1.82, 2.24) is 5.32 Å². The van der Waals surface area contributed by atoms with Crippen LogP contribution >= 0.6 is 11.8 Å². The number of nitrogens with zero attached hydrogens (tertiary/aromatic N) is 1. The summed E-state index contributed by atoms with van der Waals surface area (Å²) in [7, 11) is 3.18. The molecule has 1 fully saturated rings. The van der Waals surface area contributed by atoms with E-state index in [2.05, 4.69) is 10.3 Å². The van der Waals surface area contributed by atoms with Crippen LogP contribution in [-0.4, -0.2) is 36.4 Å². The maximum Gasteiger partial charge on any atom is 0.307 e. The minimum absolute atomic E-state index is 0.0639.